The lowest BCUT2D eigenvalue weighted by atomic mass is 9.53. The molecule has 2 heterocycles. The number of hydrogen-bond donors (Lipinski definition) is 2. The van der Waals surface area contributed by atoms with Crippen LogP contribution in [-0.2, 0) is 19.1 Å². The number of fused-ring (bicyclic) bond motifs is 2. The number of rotatable bonds is 4. The summed E-state index contributed by atoms with van der Waals surface area (Å²) in [7, 11) is 0. The molecule has 3 fully saturated rings. The van der Waals surface area contributed by atoms with Gasteiger partial charge in [-0.3, -0.25) is 4.79 Å². The van der Waals surface area contributed by atoms with Crippen LogP contribution in [0.2, 0.25) is 0 Å². The second-order valence-electron chi connectivity index (χ2n) is 10.8. The average molecular weight is 433 g/mol. The maximum absolute atomic E-state index is 13.9. The molecule has 0 aromatic rings. The van der Waals surface area contributed by atoms with Gasteiger partial charge in [-0.1, -0.05) is 25.5 Å². The van der Waals surface area contributed by atoms with Crippen LogP contribution in [0.25, 0.3) is 0 Å². The van der Waals surface area contributed by atoms with E-state index in [1.807, 2.05) is 47.6 Å². The first kappa shape index (κ1) is 22.7. The van der Waals surface area contributed by atoms with Crippen molar-refractivity contribution in [3.63, 3.8) is 0 Å². The predicted molar refractivity (Wildman–Crippen MR) is 115 cm³/mol. The molecule has 1 saturated heterocycles. The predicted octanol–water partition coefficient (Wildman–Crippen LogP) is 3.11. The fraction of sp³-hybridized carbons (Fsp3) is 0.760. The van der Waals surface area contributed by atoms with Gasteiger partial charge in [0.1, 0.15) is 23.4 Å². The lowest BCUT2D eigenvalue weighted by Crippen LogP contribution is -2.69. The number of carbonyl (C=O) groups is 2. The van der Waals surface area contributed by atoms with Gasteiger partial charge in [0.15, 0.2) is 5.78 Å². The highest BCUT2D eigenvalue weighted by molar-refractivity contribution is 5.94. The fourth-order valence-electron chi connectivity index (χ4n) is 6.88. The van der Waals surface area contributed by atoms with Gasteiger partial charge < -0.3 is 19.7 Å². The van der Waals surface area contributed by atoms with E-state index in [0.717, 1.165) is 24.0 Å². The van der Waals surface area contributed by atoms with Gasteiger partial charge in [0, 0.05) is 12.0 Å². The molecule has 0 spiro atoms. The Morgan fingerprint density at radius 3 is 2.48 bits per heavy atom. The maximum atomic E-state index is 13.9. The fourth-order valence-corrected chi connectivity index (χ4v) is 6.88. The molecule has 4 aliphatic rings. The number of carbonyl (C=O) groups excluding carboxylic acids is 2. The number of aliphatic hydroxyl groups is 2. The molecule has 9 atom stereocenters. The van der Waals surface area contributed by atoms with Gasteiger partial charge in [-0.25, -0.2) is 4.79 Å². The van der Waals surface area contributed by atoms with E-state index in [1.54, 1.807) is 0 Å². The Labute approximate surface area is 184 Å². The molecule has 0 aromatic carbocycles. The van der Waals surface area contributed by atoms with Gasteiger partial charge in [-0.15, -0.1) is 0 Å². The minimum atomic E-state index is -1.43. The summed E-state index contributed by atoms with van der Waals surface area (Å²) in [6.07, 6.45) is 4.85. The number of Topliss-reactive ketones (excluding diaryl/α,β-unsaturated/α-hetero) is 1. The Balaban J connectivity index is 1.73. The van der Waals surface area contributed by atoms with Crippen molar-refractivity contribution in [2.24, 2.45) is 23.7 Å². The number of ketones is 1. The first-order valence-corrected chi connectivity index (χ1v) is 11.6. The van der Waals surface area contributed by atoms with Crippen LogP contribution in [0, 0.1) is 23.7 Å². The molecule has 0 radical (unpaired) electrons. The Bertz CT molecular complexity index is 856. The quantitative estimate of drug-likeness (QED) is 0.524. The normalized spacial score (nSPS) is 48.8. The van der Waals surface area contributed by atoms with Crippen molar-refractivity contribution in [1.29, 1.82) is 0 Å². The number of allylic oxidation sites excluding steroid dienone is 1. The van der Waals surface area contributed by atoms with Crippen LogP contribution in [0.15, 0.2) is 23.3 Å². The van der Waals surface area contributed by atoms with Crippen LogP contribution in [0.4, 0.5) is 0 Å². The summed E-state index contributed by atoms with van der Waals surface area (Å²) >= 11 is 0. The van der Waals surface area contributed by atoms with Crippen LogP contribution < -0.4 is 0 Å². The van der Waals surface area contributed by atoms with Gasteiger partial charge in [0.2, 0.25) is 0 Å². The zero-order valence-electron chi connectivity index (χ0n) is 19.5. The molecule has 172 valence electrons. The van der Waals surface area contributed by atoms with Crippen LogP contribution in [-0.4, -0.2) is 51.0 Å². The molecule has 31 heavy (non-hydrogen) atoms. The summed E-state index contributed by atoms with van der Waals surface area (Å²) in [5.41, 5.74) is -1.94. The van der Waals surface area contributed by atoms with E-state index in [2.05, 4.69) is 0 Å². The summed E-state index contributed by atoms with van der Waals surface area (Å²) in [5, 5.41) is 23.8. The summed E-state index contributed by atoms with van der Waals surface area (Å²) in [5.74, 6) is -2.21. The van der Waals surface area contributed by atoms with Crippen molar-refractivity contribution in [1.82, 2.24) is 0 Å². The lowest BCUT2D eigenvalue weighted by Gasteiger charge is -2.53. The topological polar surface area (TPSA) is 93.1 Å². The van der Waals surface area contributed by atoms with Gasteiger partial charge >= 0.3 is 5.97 Å². The molecule has 0 aromatic heterocycles. The Morgan fingerprint density at radius 2 is 1.90 bits per heavy atom. The monoisotopic (exact) mass is 432 g/mol. The van der Waals surface area contributed by atoms with Crippen molar-refractivity contribution in [3.8, 4) is 0 Å². The van der Waals surface area contributed by atoms with E-state index >= 15 is 0 Å². The standard InChI is InChI=1S/C25H36O6/c1-13(2)11-19-25(29)16(5)17-8-7-15(4)24(17,28)22(27)21(25)23(6,31-19)10-9-18-14(3)12-20(26)30-18/h11-12,15-19,21,28-29H,7-10H2,1-6H3/t15-,16-,17-,18?,19+,21-,23-,24+,25-/m0/s1. The number of esters is 1. The van der Waals surface area contributed by atoms with Crippen molar-refractivity contribution in [3.05, 3.63) is 23.3 Å². The summed E-state index contributed by atoms with van der Waals surface area (Å²) in [6, 6.07) is 0. The first-order chi connectivity index (χ1) is 14.4. The zero-order chi connectivity index (χ0) is 22.9. The van der Waals surface area contributed by atoms with Crippen molar-refractivity contribution < 1.29 is 29.3 Å². The molecule has 6 heteroatoms. The summed E-state index contributed by atoms with van der Waals surface area (Å²) in [6.45, 7) is 11.5. The molecule has 2 N–H and O–H groups in total. The number of cyclic esters (lactones) is 1. The van der Waals surface area contributed by atoms with Crippen LogP contribution >= 0.6 is 0 Å². The second-order valence-corrected chi connectivity index (χ2v) is 10.8. The highest BCUT2D eigenvalue weighted by Gasteiger charge is 2.75. The van der Waals surface area contributed by atoms with E-state index in [4.69, 9.17) is 9.47 Å². The van der Waals surface area contributed by atoms with Crippen molar-refractivity contribution in [2.45, 2.75) is 96.2 Å². The molecule has 6 nitrogen and oxygen atoms in total. The molecule has 2 aliphatic carbocycles. The van der Waals surface area contributed by atoms with Crippen LogP contribution in [0.1, 0.15) is 67.2 Å². The molecule has 4 rings (SSSR count). The highest BCUT2D eigenvalue weighted by atomic mass is 16.6. The van der Waals surface area contributed by atoms with Crippen LogP contribution in [0.5, 0.6) is 0 Å². The third-order valence-electron chi connectivity index (χ3n) is 8.64. The van der Waals surface area contributed by atoms with Crippen LogP contribution in [0.3, 0.4) is 0 Å². The molecule has 0 amide bonds. The second kappa shape index (κ2) is 7.26. The highest BCUT2D eigenvalue weighted by Crippen LogP contribution is 2.62. The molecule has 2 aliphatic heterocycles. The molecule has 1 unspecified atom stereocenters. The van der Waals surface area contributed by atoms with E-state index in [1.165, 1.54) is 6.08 Å². The molecule has 0 bridgehead atoms. The first-order valence-electron chi connectivity index (χ1n) is 11.6. The molecule has 2 saturated carbocycles. The third-order valence-corrected chi connectivity index (χ3v) is 8.64. The number of ether oxygens (including phenoxy) is 2. The minimum absolute atomic E-state index is 0.148. The molecular weight excluding hydrogens is 396 g/mol. The largest absolute Gasteiger partial charge is 0.455 e. The van der Waals surface area contributed by atoms with Gasteiger partial charge in [-0.05, 0) is 70.8 Å². The summed E-state index contributed by atoms with van der Waals surface area (Å²) in [4.78, 5) is 25.5. The molecular formula is C25H36O6. The van der Waals surface area contributed by atoms with Gasteiger partial charge in [-0.2, -0.15) is 0 Å². The Kier molecular flexibility index (Phi) is 5.31. The third kappa shape index (κ3) is 3.09. The maximum Gasteiger partial charge on any atom is 0.331 e. The smallest absolute Gasteiger partial charge is 0.331 e. The van der Waals surface area contributed by atoms with Crippen molar-refractivity contribution in [2.75, 3.05) is 0 Å². The lowest BCUT2D eigenvalue weighted by molar-refractivity contribution is -0.193. The van der Waals surface area contributed by atoms with E-state index in [9.17, 15) is 19.8 Å². The van der Waals surface area contributed by atoms with Crippen molar-refractivity contribution >= 4 is 11.8 Å². The van der Waals surface area contributed by atoms with E-state index in [-0.39, 0.29) is 35.6 Å². The zero-order valence-corrected chi connectivity index (χ0v) is 19.5. The Morgan fingerprint density at radius 1 is 1.23 bits per heavy atom. The van der Waals surface area contributed by atoms with E-state index in [0.29, 0.717) is 12.8 Å². The SMILES string of the molecule is CC(C)=C[C@H]1O[C@@](C)(CCC2OC(=O)C=C2C)[C@@H]2C(=O)[C@@]3(O)[C@@H](C)CC[C@H]3[C@H](C)[C@@]21O. The number of hydrogen-bond acceptors (Lipinski definition) is 6. The van der Waals surface area contributed by atoms with E-state index < -0.39 is 28.8 Å². The average Bonchev–Trinajstić information content (AvgIpc) is 3.23. The Hall–Kier alpha value is -1.50. The van der Waals surface area contributed by atoms with Gasteiger partial charge in [0.25, 0.3) is 0 Å². The van der Waals surface area contributed by atoms with Gasteiger partial charge in [0.05, 0.1) is 11.5 Å². The minimum Gasteiger partial charge on any atom is -0.455 e. The summed E-state index contributed by atoms with van der Waals surface area (Å²) < 4.78 is 11.9.